The summed E-state index contributed by atoms with van der Waals surface area (Å²) in [5.74, 6) is 7.18. The number of benzene rings is 2. The van der Waals surface area contributed by atoms with Crippen LogP contribution in [0.1, 0.15) is 88.8 Å². The molecule has 1 aliphatic rings. The first-order valence-corrected chi connectivity index (χ1v) is 9.79. The number of fused-ring (bicyclic) bond motifs is 2. The van der Waals surface area contributed by atoms with Gasteiger partial charge < -0.3 is 4.74 Å². The van der Waals surface area contributed by atoms with E-state index in [9.17, 15) is 0 Å². The molecule has 0 saturated heterocycles. The highest BCUT2D eigenvalue weighted by atomic mass is 16.5. The SMILES string of the molecule is C#Cc1cc(C(C)(C)C)cc2c1Oc1c(C#C)cc(C(C)(C)C)cc1C2(C)C. The molecule has 28 heavy (non-hydrogen) atoms. The molecule has 0 atom stereocenters. The molecule has 0 spiro atoms. The molecular weight excluding hydrogens is 340 g/mol. The van der Waals surface area contributed by atoms with Crippen LogP contribution in [-0.4, -0.2) is 0 Å². The maximum Gasteiger partial charge on any atom is 0.147 e. The van der Waals surface area contributed by atoms with Crippen LogP contribution in [-0.2, 0) is 16.2 Å². The van der Waals surface area contributed by atoms with E-state index in [1.165, 1.54) is 11.1 Å². The molecule has 144 valence electrons. The van der Waals surface area contributed by atoms with Gasteiger partial charge in [-0.1, -0.05) is 79.4 Å². The van der Waals surface area contributed by atoms with Crippen molar-refractivity contribution in [3.8, 4) is 36.2 Å². The Labute approximate surface area is 170 Å². The summed E-state index contributed by atoms with van der Waals surface area (Å²) < 4.78 is 6.41. The zero-order valence-corrected chi connectivity index (χ0v) is 18.4. The molecule has 0 N–H and O–H groups in total. The van der Waals surface area contributed by atoms with Gasteiger partial charge in [-0.15, -0.1) is 12.8 Å². The van der Waals surface area contributed by atoms with Crippen molar-refractivity contribution in [1.29, 1.82) is 0 Å². The minimum absolute atomic E-state index is 0.00573. The average molecular weight is 371 g/mol. The van der Waals surface area contributed by atoms with E-state index in [2.05, 4.69) is 91.5 Å². The summed E-state index contributed by atoms with van der Waals surface area (Å²) in [6.45, 7) is 17.7. The molecule has 0 amide bonds. The molecule has 1 heterocycles. The molecular formula is C27H30O. The number of terminal acetylenes is 2. The lowest BCUT2D eigenvalue weighted by Crippen LogP contribution is -2.28. The summed E-state index contributed by atoms with van der Waals surface area (Å²) in [6, 6.07) is 8.63. The molecule has 1 aliphatic heterocycles. The minimum Gasteiger partial charge on any atom is -0.454 e. The summed E-state index contributed by atoms with van der Waals surface area (Å²) >= 11 is 0. The van der Waals surface area contributed by atoms with Crippen LogP contribution < -0.4 is 4.74 Å². The van der Waals surface area contributed by atoms with Crippen LogP contribution in [0.3, 0.4) is 0 Å². The zero-order chi connectivity index (χ0) is 21.1. The smallest absolute Gasteiger partial charge is 0.147 e. The Balaban J connectivity index is 2.37. The largest absolute Gasteiger partial charge is 0.454 e. The lowest BCUT2D eigenvalue weighted by Gasteiger charge is -2.38. The first-order valence-electron chi connectivity index (χ1n) is 9.79. The normalized spacial score (nSPS) is 14.9. The molecule has 0 aliphatic carbocycles. The van der Waals surface area contributed by atoms with Gasteiger partial charge in [0.15, 0.2) is 0 Å². The van der Waals surface area contributed by atoms with Crippen LogP contribution in [0.2, 0.25) is 0 Å². The van der Waals surface area contributed by atoms with E-state index in [0.717, 1.165) is 33.8 Å². The van der Waals surface area contributed by atoms with Gasteiger partial charge in [0, 0.05) is 16.5 Å². The molecule has 1 nitrogen and oxygen atoms in total. The standard InChI is InChI=1S/C27H30O/c1-11-17-13-19(25(3,4)5)15-21-23(17)28-24-18(12-2)14-20(26(6,7)8)16-22(24)27(21,9)10/h1-2,13-16H,3-10H3. The van der Waals surface area contributed by atoms with Crippen LogP contribution >= 0.6 is 0 Å². The Morgan fingerprint density at radius 3 is 1.36 bits per heavy atom. The highest BCUT2D eigenvalue weighted by Crippen LogP contribution is 2.52. The van der Waals surface area contributed by atoms with Gasteiger partial charge in [0.05, 0.1) is 11.1 Å². The fourth-order valence-corrected chi connectivity index (χ4v) is 3.73. The van der Waals surface area contributed by atoms with Crippen LogP contribution in [0.25, 0.3) is 0 Å². The third-order valence-electron chi connectivity index (χ3n) is 5.77. The first-order chi connectivity index (χ1) is 12.8. The van der Waals surface area contributed by atoms with Gasteiger partial charge in [0.2, 0.25) is 0 Å². The van der Waals surface area contributed by atoms with E-state index in [4.69, 9.17) is 17.6 Å². The number of ether oxygens (including phenoxy) is 1. The molecule has 0 aromatic heterocycles. The number of hydrogen-bond donors (Lipinski definition) is 0. The Kier molecular flexibility index (Phi) is 4.44. The highest BCUT2D eigenvalue weighted by Gasteiger charge is 2.38. The van der Waals surface area contributed by atoms with Crippen molar-refractivity contribution >= 4 is 0 Å². The molecule has 0 unspecified atom stereocenters. The lowest BCUT2D eigenvalue weighted by atomic mass is 9.71. The molecule has 3 rings (SSSR count). The molecule has 2 aromatic rings. The third-order valence-corrected chi connectivity index (χ3v) is 5.77. The van der Waals surface area contributed by atoms with Gasteiger partial charge in [0.1, 0.15) is 11.5 Å². The van der Waals surface area contributed by atoms with Crippen LogP contribution in [0.15, 0.2) is 24.3 Å². The van der Waals surface area contributed by atoms with Crippen molar-refractivity contribution in [3.05, 3.63) is 57.6 Å². The maximum atomic E-state index is 6.41. The molecule has 2 aromatic carbocycles. The third kappa shape index (κ3) is 3.10. The Bertz CT molecular complexity index is 955. The van der Waals surface area contributed by atoms with E-state index in [1.807, 2.05) is 0 Å². The van der Waals surface area contributed by atoms with Gasteiger partial charge in [-0.25, -0.2) is 0 Å². The Morgan fingerprint density at radius 1 is 0.714 bits per heavy atom. The first kappa shape index (κ1) is 20.1. The monoisotopic (exact) mass is 370 g/mol. The molecule has 0 radical (unpaired) electrons. The summed E-state index contributed by atoms with van der Waals surface area (Å²) in [6.07, 6.45) is 11.8. The van der Waals surface area contributed by atoms with Gasteiger partial charge in [-0.05, 0) is 34.1 Å². The number of rotatable bonds is 0. The van der Waals surface area contributed by atoms with Crippen molar-refractivity contribution in [2.24, 2.45) is 0 Å². The van der Waals surface area contributed by atoms with E-state index >= 15 is 0 Å². The molecule has 0 fully saturated rings. The predicted molar refractivity (Wildman–Crippen MR) is 118 cm³/mol. The second kappa shape index (κ2) is 6.18. The summed E-state index contributed by atoms with van der Waals surface area (Å²) in [5, 5.41) is 0. The van der Waals surface area contributed by atoms with E-state index in [0.29, 0.717) is 0 Å². The second-order valence-electron chi connectivity index (χ2n) is 10.3. The molecule has 0 saturated carbocycles. The second-order valence-corrected chi connectivity index (χ2v) is 10.3. The van der Waals surface area contributed by atoms with Gasteiger partial charge in [-0.2, -0.15) is 0 Å². The minimum atomic E-state index is -0.275. The van der Waals surface area contributed by atoms with Crippen molar-refractivity contribution in [3.63, 3.8) is 0 Å². The fourth-order valence-electron chi connectivity index (χ4n) is 3.73. The number of hydrogen-bond acceptors (Lipinski definition) is 1. The average Bonchev–Trinajstić information content (AvgIpc) is 2.58. The predicted octanol–water partition coefficient (Wildman–Crippen LogP) is 6.68. The quantitative estimate of drug-likeness (QED) is 0.470. The van der Waals surface area contributed by atoms with E-state index in [1.54, 1.807) is 0 Å². The van der Waals surface area contributed by atoms with Gasteiger partial charge in [0.25, 0.3) is 0 Å². The molecule has 1 heteroatoms. The Morgan fingerprint density at radius 2 is 1.07 bits per heavy atom. The van der Waals surface area contributed by atoms with E-state index < -0.39 is 0 Å². The van der Waals surface area contributed by atoms with Crippen molar-refractivity contribution in [1.82, 2.24) is 0 Å². The van der Waals surface area contributed by atoms with Crippen LogP contribution in [0.4, 0.5) is 0 Å². The summed E-state index contributed by atoms with van der Waals surface area (Å²) in [4.78, 5) is 0. The Hall–Kier alpha value is -2.64. The van der Waals surface area contributed by atoms with Crippen molar-refractivity contribution in [2.75, 3.05) is 0 Å². The lowest BCUT2D eigenvalue weighted by molar-refractivity contribution is 0.412. The zero-order valence-electron chi connectivity index (χ0n) is 18.4. The maximum absolute atomic E-state index is 6.41. The van der Waals surface area contributed by atoms with Crippen LogP contribution in [0.5, 0.6) is 11.5 Å². The van der Waals surface area contributed by atoms with Crippen molar-refractivity contribution in [2.45, 2.75) is 71.6 Å². The van der Waals surface area contributed by atoms with Gasteiger partial charge in [-0.3, -0.25) is 0 Å². The summed E-state index contributed by atoms with van der Waals surface area (Å²) in [7, 11) is 0. The van der Waals surface area contributed by atoms with Crippen molar-refractivity contribution < 1.29 is 4.74 Å². The molecule has 0 bridgehead atoms. The fraction of sp³-hybridized carbons (Fsp3) is 0.407. The highest BCUT2D eigenvalue weighted by molar-refractivity contribution is 5.67. The van der Waals surface area contributed by atoms with E-state index in [-0.39, 0.29) is 16.2 Å². The van der Waals surface area contributed by atoms with Gasteiger partial charge >= 0.3 is 0 Å². The van der Waals surface area contributed by atoms with Crippen LogP contribution in [0, 0.1) is 24.7 Å². The topological polar surface area (TPSA) is 9.23 Å². The summed E-state index contributed by atoms with van der Waals surface area (Å²) in [5.41, 5.74) is 5.94.